The molecule has 122 valence electrons. The molecule has 0 saturated carbocycles. The number of carbonyl (C=O) groups excluding carboxylic acids is 1. The van der Waals surface area contributed by atoms with Gasteiger partial charge in [0.1, 0.15) is 0 Å². The lowest BCUT2D eigenvalue weighted by atomic mass is 9.94. The summed E-state index contributed by atoms with van der Waals surface area (Å²) in [6, 6.07) is 6.52. The summed E-state index contributed by atoms with van der Waals surface area (Å²) in [5, 5.41) is 7.73. The largest absolute Gasteiger partial charge is 0.368 e. The van der Waals surface area contributed by atoms with E-state index in [-0.39, 0.29) is 11.9 Å². The molecule has 0 bridgehead atoms. The summed E-state index contributed by atoms with van der Waals surface area (Å²) in [7, 11) is 0. The van der Waals surface area contributed by atoms with Gasteiger partial charge in [0, 0.05) is 40.8 Å². The molecule has 6 nitrogen and oxygen atoms in total. The average molecular weight is 355 g/mol. The van der Waals surface area contributed by atoms with Crippen molar-refractivity contribution in [2.24, 2.45) is 0 Å². The van der Waals surface area contributed by atoms with Crippen molar-refractivity contribution in [2.45, 2.75) is 18.8 Å². The number of benzene rings is 1. The molecule has 0 unspecified atom stereocenters. The van der Waals surface area contributed by atoms with E-state index in [1.54, 1.807) is 29.2 Å². The molecule has 3 N–H and O–H groups in total. The van der Waals surface area contributed by atoms with Gasteiger partial charge in [-0.15, -0.1) is 0 Å². The highest BCUT2D eigenvalue weighted by molar-refractivity contribution is 6.35. The summed E-state index contributed by atoms with van der Waals surface area (Å²) in [6.07, 6.45) is 1.63. The molecule has 1 fully saturated rings. The predicted molar refractivity (Wildman–Crippen MR) is 89.9 cm³/mol. The van der Waals surface area contributed by atoms with Gasteiger partial charge < -0.3 is 20.5 Å². The van der Waals surface area contributed by atoms with Crippen molar-refractivity contribution in [3.63, 3.8) is 0 Å². The number of urea groups is 1. The van der Waals surface area contributed by atoms with Crippen LogP contribution in [0.2, 0.25) is 10.0 Å². The van der Waals surface area contributed by atoms with Crippen LogP contribution in [0.4, 0.5) is 16.4 Å². The first-order chi connectivity index (χ1) is 11.0. The first-order valence-electron chi connectivity index (χ1n) is 7.25. The summed E-state index contributed by atoms with van der Waals surface area (Å²) in [6.45, 7) is 1.27. The van der Waals surface area contributed by atoms with E-state index in [2.05, 4.69) is 10.5 Å². The molecule has 0 spiro atoms. The number of likely N-dealkylation sites (tertiary alicyclic amines) is 1. The number of halogens is 2. The molecule has 1 aliphatic rings. The zero-order valence-electron chi connectivity index (χ0n) is 12.3. The number of nitrogens with two attached hydrogens (primary N) is 1. The monoisotopic (exact) mass is 354 g/mol. The van der Waals surface area contributed by atoms with Crippen molar-refractivity contribution in [3.05, 3.63) is 40.0 Å². The Kier molecular flexibility index (Phi) is 4.63. The molecular weight excluding hydrogens is 339 g/mol. The Morgan fingerprint density at radius 1 is 1.22 bits per heavy atom. The van der Waals surface area contributed by atoms with Gasteiger partial charge in [0.05, 0.1) is 5.69 Å². The van der Waals surface area contributed by atoms with Crippen molar-refractivity contribution in [1.82, 2.24) is 10.1 Å². The van der Waals surface area contributed by atoms with Crippen LogP contribution in [-0.2, 0) is 0 Å². The minimum absolute atomic E-state index is 0.165. The van der Waals surface area contributed by atoms with Crippen molar-refractivity contribution in [1.29, 1.82) is 0 Å². The molecule has 23 heavy (non-hydrogen) atoms. The number of rotatable bonds is 2. The van der Waals surface area contributed by atoms with Crippen LogP contribution in [0, 0.1) is 0 Å². The highest BCUT2D eigenvalue weighted by atomic mass is 35.5. The Balaban J connectivity index is 1.57. The Bertz CT molecular complexity index is 691. The SMILES string of the molecule is Nc1cc(C2CCN(C(=O)Nc3cc(Cl)cc(Cl)c3)CC2)no1. The molecule has 0 radical (unpaired) electrons. The molecule has 8 heteroatoms. The van der Waals surface area contributed by atoms with E-state index in [0.717, 1.165) is 18.5 Å². The molecule has 2 amide bonds. The molecule has 1 aromatic carbocycles. The van der Waals surface area contributed by atoms with Gasteiger partial charge in [-0.05, 0) is 31.0 Å². The summed E-state index contributed by atoms with van der Waals surface area (Å²) in [5.74, 6) is 0.582. The zero-order chi connectivity index (χ0) is 16.4. The minimum atomic E-state index is -0.165. The molecule has 0 atom stereocenters. The number of anilines is 2. The molecular formula is C15H16Cl2N4O2. The summed E-state index contributed by atoms with van der Waals surface area (Å²) in [5.41, 5.74) is 6.98. The Morgan fingerprint density at radius 2 is 1.87 bits per heavy atom. The van der Waals surface area contributed by atoms with Gasteiger partial charge >= 0.3 is 6.03 Å². The lowest BCUT2D eigenvalue weighted by Gasteiger charge is -2.31. The van der Waals surface area contributed by atoms with E-state index in [4.69, 9.17) is 33.5 Å². The van der Waals surface area contributed by atoms with Gasteiger partial charge in [-0.1, -0.05) is 28.4 Å². The molecule has 1 saturated heterocycles. The maximum absolute atomic E-state index is 12.3. The van der Waals surface area contributed by atoms with E-state index >= 15 is 0 Å². The van der Waals surface area contributed by atoms with Gasteiger partial charge in [-0.25, -0.2) is 4.79 Å². The summed E-state index contributed by atoms with van der Waals surface area (Å²) >= 11 is 11.9. The first kappa shape index (κ1) is 16.0. The van der Waals surface area contributed by atoms with Gasteiger partial charge in [-0.3, -0.25) is 0 Å². The molecule has 3 rings (SSSR count). The van der Waals surface area contributed by atoms with Gasteiger partial charge in [0.25, 0.3) is 0 Å². The van der Waals surface area contributed by atoms with Crippen molar-refractivity contribution < 1.29 is 9.32 Å². The third-order valence-corrected chi connectivity index (χ3v) is 4.30. The highest BCUT2D eigenvalue weighted by Crippen LogP contribution is 2.29. The molecule has 2 aromatic rings. The standard InChI is InChI=1S/C15H16Cl2N4O2/c16-10-5-11(17)7-12(6-10)19-15(22)21-3-1-9(2-4-21)13-8-14(18)23-20-13/h5-9H,1-4,18H2,(H,19,22). The van der Waals surface area contributed by atoms with E-state index < -0.39 is 0 Å². The molecule has 2 heterocycles. The molecule has 1 aliphatic heterocycles. The van der Waals surface area contributed by atoms with Crippen LogP contribution < -0.4 is 11.1 Å². The minimum Gasteiger partial charge on any atom is -0.368 e. The van der Waals surface area contributed by atoms with Crippen LogP contribution in [0.15, 0.2) is 28.8 Å². The number of piperidine rings is 1. The first-order valence-corrected chi connectivity index (χ1v) is 8.01. The second-order valence-electron chi connectivity index (χ2n) is 5.50. The Morgan fingerprint density at radius 3 is 2.43 bits per heavy atom. The second-order valence-corrected chi connectivity index (χ2v) is 6.38. The summed E-state index contributed by atoms with van der Waals surface area (Å²) < 4.78 is 4.90. The van der Waals surface area contributed by atoms with Crippen LogP contribution in [0.1, 0.15) is 24.5 Å². The maximum Gasteiger partial charge on any atom is 0.321 e. The van der Waals surface area contributed by atoms with E-state index in [0.29, 0.717) is 34.7 Å². The van der Waals surface area contributed by atoms with Crippen LogP contribution in [0.3, 0.4) is 0 Å². The Labute approximate surface area is 143 Å². The number of hydrogen-bond acceptors (Lipinski definition) is 4. The van der Waals surface area contributed by atoms with Crippen LogP contribution >= 0.6 is 23.2 Å². The van der Waals surface area contributed by atoms with Crippen LogP contribution in [-0.4, -0.2) is 29.2 Å². The fraction of sp³-hybridized carbons (Fsp3) is 0.333. The van der Waals surface area contributed by atoms with Gasteiger partial charge in [0.2, 0.25) is 5.88 Å². The number of amides is 2. The normalized spacial score (nSPS) is 15.7. The topological polar surface area (TPSA) is 84.4 Å². The number of aromatic nitrogens is 1. The third kappa shape index (κ3) is 3.89. The quantitative estimate of drug-likeness (QED) is 0.854. The number of carbonyl (C=O) groups is 1. The lowest BCUT2D eigenvalue weighted by molar-refractivity contribution is 0.193. The molecule has 1 aromatic heterocycles. The van der Waals surface area contributed by atoms with Crippen molar-refractivity contribution in [3.8, 4) is 0 Å². The number of hydrogen-bond donors (Lipinski definition) is 2. The van der Waals surface area contributed by atoms with Gasteiger partial charge in [-0.2, -0.15) is 0 Å². The fourth-order valence-corrected chi connectivity index (χ4v) is 3.23. The highest BCUT2D eigenvalue weighted by Gasteiger charge is 2.25. The van der Waals surface area contributed by atoms with E-state index in [9.17, 15) is 4.79 Å². The molecule has 0 aliphatic carbocycles. The second kappa shape index (κ2) is 6.68. The summed E-state index contributed by atoms with van der Waals surface area (Å²) in [4.78, 5) is 14.1. The Hall–Kier alpha value is -1.92. The number of nitrogen functional groups attached to an aromatic ring is 1. The van der Waals surface area contributed by atoms with E-state index in [1.807, 2.05) is 0 Å². The zero-order valence-corrected chi connectivity index (χ0v) is 13.8. The lowest BCUT2D eigenvalue weighted by Crippen LogP contribution is -2.40. The van der Waals surface area contributed by atoms with Crippen molar-refractivity contribution >= 4 is 40.8 Å². The number of nitrogens with zero attached hydrogens (tertiary/aromatic N) is 2. The van der Waals surface area contributed by atoms with Gasteiger partial charge in [0.15, 0.2) is 0 Å². The smallest absolute Gasteiger partial charge is 0.321 e. The van der Waals surface area contributed by atoms with Crippen molar-refractivity contribution in [2.75, 3.05) is 24.1 Å². The third-order valence-electron chi connectivity index (χ3n) is 3.86. The number of nitrogens with one attached hydrogen (secondary N) is 1. The van der Waals surface area contributed by atoms with Crippen LogP contribution in [0.25, 0.3) is 0 Å². The maximum atomic E-state index is 12.3. The fourth-order valence-electron chi connectivity index (χ4n) is 2.70. The average Bonchev–Trinajstić information content (AvgIpc) is 2.93. The van der Waals surface area contributed by atoms with Crippen LogP contribution in [0.5, 0.6) is 0 Å². The predicted octanol–water partition coefficient (Wildman–Crippen LogP) is 3.98. The van der Waals surface area contributed by atoms with E-state index in [1.165, 1.54) is 0 Å².